The Labute approximate surface area is 151 Å². The van der Waals surface area contributed by atoms with Crippen molar-refractivity contribution in [2.45, 2.75) is 53.0 Å². The molecule has 0 saturated carbocycles. The summed E-state index contributed by atoms with van der Waals surface area (Å²) in [7, 11) is 0. The molecule has 2 amide bonds. The summed E-state index contributed by atoms with van der Waals surface area (Å²) in [4.78, 5) is 19.2. The Morgan fingerprint density at radius 3 is 2.52 bits per heavy atom. The molecule has 2 rings (SSSR count). The highest BCUT2D eigenvalue weighted by molar-refractivity contribution is 5.74. The van der Waals surface area contributed by atoms with Gasteiger partial charge in [0.2, 0.25) is 0 Å². The van der Waals surface area contributed by atoms with E-state index in [1.165, 1.54) is 12.8 Å². The van der Waals surface area contributed by atoms with E-state index in [1.54, 1.807) is 0 Å². The second-order valence-corrected chi connectivity index (χ2v) is 7.03. The van der Waals surface area contributed by atoms with E-state index in [4.69, 9.17) is 0 Å². The number of anilines is 1. The Kier molecular flexibility index (Phi) is 7.05. The number of carbonyl (C=O) groups excluding carboxylic acids is 1. The normalized spacial score (nSPS) is 14.6. The van der Waals surface area contributed by atoms with Crippen molar-refractivity contribution in [2.24, 2.45) is 5.41 Å². The first-order valence-corrected chi connectivity index (χ1v) is 9.37. The van der Waals surface area contributed by atoms with Crippen LogP contribution in [0.5, 0.6) is 0 Å². The summed E-state index contributed by atoms with van der Waals surface area (Å²) in [5.41, 5.74) is 1.81. The van der Waals surface area contributed by atoms with Gasteiger partial charge in [-0.05, 0) is 38.7 Å². The van der Waals surface area contributed by atoms with E-state index in [0.29, 0.717) is 13.1 Å². The summed E-state index contributed by atoms with van der Waals surface area (Å²) in [5, 5.41) is 15.4. The van der Waals surface area contributed by atoms with Gasteiger partial charge in [-0.15, -0.1) is 0 Å². The first-order chi connectivity index (χ1) is 12.0. The lowest BCUT2D eigenvalue weighted by atomic mass is 9.83. The van der Waals surface area contributed by atoms with Gasteiger partial charge >= 0.3 is 6.03 Å². The predicted octanol–water partition coefficient (Wildman–Crippen LogP) is 2.59. The quantitative estimate of drug-likeness (QED) is 0.675. The van der Waals surface area contributed by atoms with Crippen LogP contribution in [0.15, 0.2) is 12.1 Å². The number of pyridine rings is 1. The molecule has 1 saturated heterocycles. The second kappa shape index (κ2) is 9.04. The molecule has 0 spiro atoms. The molecule has 2 heterocycles. The van der Waals surface area contributed by atoms with Crippen LogP contribution in [0.3, 0.4) is 0 Å². The molecule has 6 nitrogen and oxygen atoms in total. The number of carbonyl (C=O) groups is 1. The van der Waals surface area contributed by atoms with Crippen LogP contribution < -0.4 is 15.5 Å². The van der Waals surface area contributed by atoms with Gasteiger partial charge in [-0.25, -0.2) is 9.78 Å². The lowest BCUT2D eigenvalue weighted by Crippen LogP contribution is -2.43. The van der Waals surface area contributed by atoms with Crippen LogP contribution in [0.2, 0.25) is 0 Å². The first-order valence-electron chi connectivity index (χ1n) is 9.37. The van der Waals surface area contributed by atoms with E-state index in [2.05, 4.69) is 20.5 Å². The van der Waals surface area contributed by atoms with Crippen LogP contribution in [-0.2, 0) is 6.54 Å². The second-order valence-electron chi connectivity index (χ2n) is 7.03. The number of urea groups is 1. The third-order valence-electron chi connectivity index (χ3n) is 5.40. The Bertz CT molecular complexity index is 558. The maximum absolute atomic E-state index is 12.2. The molecule has 1 aromatic heterocycles. The summed E-state index contributed by atoms with van der Waals surface area (Å²) >= 11 is 0. The van der Waals surface area contributed by atoms with Gasteiger partial charge in [-0.3, -0.25) is 0 Å². The maximum Gasteiger partial charge on any atom is 0.315 e. The highest BCUT2D eigenvalue weighted by Crippen LogP contribution is 2.24. The van der Waals surface area contributed by atoms with Crippen molar-refractivity contribution >= 4 is 11.8 Å². The van der Waals surface area contributed by atoms with Gasteiger partial charge in [0.25, 0.3) is 0 Å². The molecule has 0 aliphatic carbocycles. The number of hydrogen-bond donors (Lipinski definition) is 3. The Hall–Kier alpha value is -1.82. The van der Waals surface area contributed by atoms with Crippen molar-refractivity contribution in [3.05, 3.63) is 23.4 Å². The molecule has 1 aromatic rings. The smallest absolute Gasteiger partial charge is 0.315 e. The number of aryl methyl sites for hydroxylation is 1. The molecule has 1 aliphatic heterocycles. The SMILES string of the molecule is CCC(CC)(CO)CNC(=O)NCc1ccc(C)nc1N1CCCC1. The number of rotatable bonds is 8. The van der Waals surface area contributed by atoms with Gasteiger partial charge in [0, 0.05) is 42.9 Å². The molecule has 140 valence electrons. The summed E-state index contributed by atoms with van der Waals surface area (Å²) < 4.78 is 0. The molecule has 0 unspecified atom stereocenters. The summed E-state index contributed by atoms with van der Waals surface area (Å²) in [6, 6.07) is 3.83. The molecular formula is C19H32N4O2. The summed E-state index contributed by atoms with van der Waals surface area (Å²) in [6.45, 7) is 9.15. The third kappa shape index (κ3) is 5.08. The van der Waals surface area contributed by atoms with Crippen molar-refractivity contribution in [1.29, 1.82) is 0 Å². The standard InChI is InChI=1S/C19H32N4O2/c1-4-19(5-2,14-24)13-21-18(25)20-12-16-9-8-15(3)22-17(16)23-10-6-7-11-23/h8-9,24H,4-7,10-14H2,1-3H3,(H2,20,21,25). The Morgan fingerprint density at radius 2 is 1.92 bits per heavy atom. The number of hydrogen-bond acceptors (Lipinski definition) is 4. The molecule has 3 N–H and O–H groups in total. The van der Waals surface area contributed by atoms with Crippen LogP contribution in [-0.4, -0.2) is 42.4 Å². The minimum atomic E-state index is -0.233. The van der Waals surface area contributed by atoms with Crippen LogP contribution in [0.25, 0.3) is 0 Å². The minimum absolute atomic E-state index is 0.0846. The molecular weight excluding hydrogens is 316 g/mol. The molecule has 6 heteroatoms. The van der Waals surface area contributed by atoms with Crippen molar-refractivity contribution in [1.82, 2.24) is 15.6 Å². The molecule has 1 fully saturated rings. The van der Waals surface area contributed by atoms with Crippen molar-refractivity contribution in [2.75, 3.05) is 31.1 Å². The van der Waals surface area contributed by atoms with Gasteiger partial charge in [0.15, 0.2) is 0 Å². The number of nitrogens with one attached hydrogen (secondary N) is 2. The van der Waals surface area contributed by atoms with Crippen LogP contribution >= 0.6 is 0 Å². The van der Waals surface area contributed by atoms with Gasteiger partial charge < -0.3 is 20.6 Å². The van der Waals surface area contributed by atoms with Crippen molar-refractivity contribution < 1.29 is 9.90 Å². The average molecular weight is 348 g/mol. The van der Waals surface area contributed by atoms with Gasteiger partial charge in [0.05, 0.1) is 6.61 Å². The topological polar surface area (TPSA) is 77.5 Å². The fourth-order valence-corrected chi connectivity index (χ4v) is 3.20. The Balaban J connectivity index is 1.93. The van der Waals surface area contributed by atoms with Crippen LogP contribution in [0.1, 0.15) is 50.8 Å². The summed E-state index contributed by atoms with van der Waals surface area (Å²) in [5.74, 6) is 0.990. The third-order valence-corrected chi connectivity index (χ3v) is 5.40. The number of aromatic nitrogens is 1. The van der Waals surface area contributed by atoms with Crippen molar-refractivity contribution in [3.63, 3.8) is 0 Å². The maximum atomic E-state index is 12.2. The van der Waals surface area contributed by atoms with Gasteiger partial charge in [-0.1, -0.05) is 19.9 Å². The van der Waals surface area contributed by atoms with E-state index in [9.17, 15) is 9.90 Å². The first kappa shape index (κ1) is 19.5. The van der Waals surface area contributed by atoms with Gasteiger partial charge in [-0.2, -0.15) is 0 Å². The highest BCUT2D eigenvalue weighted by atomic mass is 16.3. The van der Waals surface area contributed by atoms with E-state index in [0.717, 1.165) is 43.0 Å². The fourth-order valence-electron chi connectivity index (χ4n) is 3.20. The number of aliphatic hydroxyl groups excluding tert-OH is 1. The number of amides is 2. The van der Waals surface area contributed by atoms with E-state index in [-0.39, 0.29) is 18.1 Å². The lowest BCUT2D eigenvalue weighted by Gasteiger charge is -2.29. The molecule has 0 atom stereocenters. The fraction of sp³-hybridized carbons (Fsp3) is 0.684. The summed E-state index contributed by atoms with van der Waals surface area (Å²) in [6.07, 6.45) is 4.06. The molecule has 25 heavy (non-hydrogen) atoms. The molecule has 1 aliphatic rings. The zero-order valence-corrected chi connectivity index (χ0v) is 15.8. The monoisotopic (exact) mass is 348 g/mol. The van der Waals surface area contributed by atoms with E-state index >= 15 is 0 Å². The lowest BCUT2D eigenvalue weighted by molar-refractivity contribution is 0.115. The van der Waals surface area contributed by atoms with Crippen molar-refractivity contribution in [3.8, 4) is 0 Å². The predicted molar refractivity (Wildman–Crippen MR) is 101 cm³/mol. The van der Waals surface area contributed by atoms with Gasteiger partial charge in [0.1, 0.15) is 5.82 Å². The van der Waals surface area contributed by atoms with E-state index < -0.39 is 0 Å². The zero-order valence-electron chi connectivity index (χ0n) is 15.8. The molecule has 0 radical (unpaired) electrons. The highest BCUT2D eigenvalue weighted by Gasteiger charge is 2.25. The van der Waals surface area contributed by atoms with Crippen LogP contribution in [0.4, 0.5) is 10.6 Å². The number of aliphatic hydroxyl groups is 1. The molecule has 0 bridgehead atoms. The zero-order chi connectivity index (χ0) is 18.3. The number of nitrogens with zero attached hydrogens (tertiary/aromatic N) is 2. The Morgan fingerprint density at radius 1 is 1.24 bits per heavy atom. The van der Waals surface area contributed by atoms with E-state index in [1.807, 2.05) is 32.9 Å². The average Bonchev–Trinajstić information content (AvgIpc) is 3.17. The van der Waals surface area contributed by atoms with Crippen LogP contribution in [0, 0.1) is 12.3 Å². The largest absolute Gasteiger partial charge is 0.396 e. The minimum Gasteiger partial charge on any atom is -0.396 e. The molecule has 0 aromatic carbocycles.